The van der Waals surface area contributed by atoms with Crippen molar-refractivity contribution in [3.8, 4) is 11.5 Å². The maximum Gasteiger partial charge on any atom is 0.240 e. The van der Waals surface area contributed by atoms with Crippen LogP contribution in [-0.4, -0.2) is 26.3 Å². The normalized spacial score (nSPS) is 11.0. The molecule has 0 saturated heterocycles. The molecule has 0 heterocycles. The van der Waals surface area contributed by atoms with Crippen LogP contribution in [-0.2, 0) is 4.79 Å². The van der Waals surface area contributed by atoms with Crippen molar-refractivity contribution >= 4 is 12.1 Å². The summed E-state index contributed by atoms with van der Waals surface area (Å²) in [5.41, 5.74) is 3.35. The number of hydrazone groups is 1. The smallest absolute Gasteiger partial charge is 0.240 e. The fourth-order valence-corrected chi connectivity index (χ4v) is 3.12. The Labute approximate surface area is 170 Å². The zero-order chi connectivity index (χ0) is 20.5. The van der Waals surface area contributed by atoms with Crippen molar-refractivity contribution in [1.29, 1.82) is 0 Å². The number of rotatable bonds is 16. The molecule has 0 aliphatic rings. The highest BCUT2D eigenvalue weighted by atomic mass is 16.5. The van der Waals surface area contributed by atoms with E-state index in [-0.39, 0.29) is 5.91 Å². The first-order valence-corrected chi connectivity index (χ1v) is 10.7. The van der Waals surface area contributed by atoms with Gasteiger partial charge in [0.25, 0.3) is 0 Å². The molecule has 1 aromatic rings. The molecule has 0 spiro atoms. The van der Waals surface area contributed by atoms with E-state index in [0.717, 1.165) is 24.2 Å². The predicted octanol–water partition coefficient (Wildman–Crippen LogP) is 5.86. The Morgan fingerprint density at radius 3 is 2.11 bits per heavy atom. The molecule has 5 heteroatoms. The van der Waals surface area contributed by atoms with Crippen LogP contribution in [0.25, 0.3) is 0 Å². The minimum absolute atomic E-state index is 0.0472. The molecular weight excluding hydrogens is 352 g/mol. The highest BCUT2D eigenvalue weighted by Crippen LogP contribution is 2.22. The Kier molecular flexibility index (Phi) is 13.7. The molecule has 0 fully saturated rings. The quantitative estimate of drug-likeness (QED) is 0.219. The largest absolute Gasteiger partial charge is 0.497 e. The molecular formula is C23H38N2O3. The standard InChI is InChI=1S/C23H38N2O3/c1-4-5-6-7-8-9-10-11-12-13-14-15-23(26)25-24-19-20-18-21(27-2)16-17-22(20)28-3/h16-19H,4-15H2,1-3H3,(H,25,26). The van der Waals surface area contributed by atoms with E-state index in [1.807, 2.05) is 18.2 Å². The average molecular weight is 391 g/mol. The van der Waals surface area contributed by atoms with Gasteiger partial charge in [-0.1, -0.05) is 71.1 Å². The minimum Gasteiger partial charge on any atom is -0.497 e. The predicted molar refractivity (Wildman–Crippen MR) is 116 cm³/mol. The number of benzene rings is 1. The lowest BCUT2D eigenvalue weighted by molar-refractivity contribution is -0.121. The summed E-state index contributed by atoms with van der Waals surface area (Å²) < 4.78 is 10.5. The number of ether oxygens (including phenoxy) is 2. The van der Waals surface area contributed by atoms with E-state index >= 15 is 0 Å². The Bertz CT molecular complexity index is 573. The molecule has 0 aliphatic carbocycles. The van der Waals surface area contributed by atoms with Crippen LogP contribution < -0.4 is 14.9 Å². The van der Waals surface area contributed by atoms with Gasteiger partial charge >= 0.3 is 0 Å². The van der Waals surface area contributed by atoms with Crippen molar-refractivity contribution in [2.45, 2.75) is 84.0 Å². The lowest BCUT2D eigenvalue weighted by Crippen LogP contribution is -2.17. The van der Waals surface area contributed by atoms with Gasteiger partial charge in [-0.15, -0.1) is 0 Å². The minimum atomic E-state index is -0.0472. The third kappa shape index (κ3) is 11.0. The number of carbonyl (C=O) groups excluding carboxylic acids is 1. The van der Waals surface area contributed by atoms with Crippen molar-refractivity contribution in [3.63, 3.8) is 0 Å². The topological polar surface area (TPSA) is 59.9 Å². The number of nitrogens with one attached hydrogen (secondary N) is 1. The Morgan fingerprint density at radius 1 is 0.929 bits per heavy atom. The number of amides is 1. The van der Waals surface area contributed by atoms with Gasteiger partial charge in [0.05, 0.1) is 20.4 Å². The summed E-state index contributed by atoms with van der Waals surface area (Å²) in [5, 5.41) is 4.04. The van der Waals surface area contributed by atoms with E-state index in [0.29, 0.717) is 12.2 Å². The molecule has 1 N–H and O–H groups in total. The van der Waals surface area contributed by atoms with Gasteiger partial charge in [0, 0.05) is 12.0 Å². The molecule has 0 aromatic heterocycles. The van der Waals surface area contributed by atoms with E-state index in [1.165, 1.54) is 57.8 Å². The molecule has 0 unspecified atom stereocenters. The van der Waals surface area contributed by atoms with Crippen LogP contribution in [0.15, 0.2) is 23.3 Å². The summed E-state index contributed by atoms with van der Waals surface area (Å²) in [5.74, 6) is 1.35. The maximum atomic E-state index is 11.9. The Balaban J connectivity index is 2.10. The van der Waals surface area contributed by atoms with Crippen molar-refractivity contribution in [1.82, 2.24) is 5.43 Å². The molecule has 5 nitrogen and oxygen atoms in total. The molecule has 1 rings (SSSR count). The second-order valence-electron chi connectivity index (χ2n) is 7.19. The van der Waals surface area contributed by atoms with Crippen LogP contribution in [0.3, 0.4) is 0 Å². The van der Waals surface area contributed by atoms with Crippen LogP contribution in [0.1, 0.15) is 89.5 Å². The van der Waals surface area contributed by atoms with Crippen molar-refractivity contribution in [2.75, 3.05) is 14.2 Å². The zero-order valence-corrected chi connectivity index (χ0v) is 18.0. The second-order valence-corrected chi connectivity index (χ2v) is 7.19. The first-order valence-electron chi connectivity index (χ1n) is 10.7. The molecule has 28 heavy (non-hydrogen) atoms. The third-order valence-electron chi connectivity index (χ3n) is 4.84. The summed E-state index contributed by atoms with van der Waals surface area (Å²) in [6.07, 6.45) is 16.1. The van der Waals surface area contributed by atoms with Gasteiger partial charge in [-0.05, 0) is 24.6 Å². The molecule has 1 amide bonds. The molecule has 0 bridgehead atoms. The lowest BCUT2D eigenvalue weighted by atomic mass is 10.1. The molecule has 158 valence electrons. The van der Waals surface area contributed by atoms with E-state index in [4.69, 9.17) is 9.47 Å². The first-order chi connectivity index (χ1) is 13.7. The zero-order valence-electron chi connectivity index (χ0n) is 18.0. The van der Waals surface area contributed by atoms with Gasteiger partial charge in [0.1, 0.15) is 11.5 Å². The summed E-state index contributed by atoms with van der Waals surface area (Å²) >= 11 is 0. The van der Waals surface area contributed by atoms with Crippen LogP contribution in [0.5, 0.6) is 11.5 Å². The lowest BCUT2D eigenvalue weighted by Gasteiger charge is -2.06. The number of methoxy groups -OCH3 is 2. The molecule has 0 aliphatic heterocycles. The number of unbranched alkanes of at least 4 members (excludes halogenated alkanes) is 10. The number of hydrogen-bond donors (Lipinski definition) is 1. The van der Waals surface area contributed by atoms with Gasteiger partial charge < -0.3 is 9.47 Å². The molecule has 0 atom stereocenters. The van der Waals surface area contributed by atoms with E-state index in [2.05, 4.69) is 17.5 Å². The van der Waals surface area contributed by atoms with Gasteiger partial charge in [0.15, 0.2) is 0 Å². The maximum absolute atomic E-state index is 11.9. The summed E-state index contributed by atoms with van der Waals surface area (Å²) in [7, 11) is 3.21. The van der Waals surface area contributed by atoms with Crippen molar-refractivity contribution < 1.29 is 14.3 Å². The fourth-order valence-electron chi connectivity index (χ4n) is 3.12. The number of carbonyl (C=O) groups is 1. The summed E-state index contributed by atoms with van der Waals surface area (Å²) in [4.78, 5) is 11.9. The van der Waals surface area contributed by atoms with E-state index in [9.17, 15) is 4.79 Å². The number of nitrogens with zero attached hydrogens (tertiary/aromatic N) is 1. The first kappa shape index (κ1) is 24.0. The Morgan fingerprint density at radius 2 is 1.54 bits per heavy atom. The van der Waals surface area contributed by atoms with Gasteiger partial charge in [-0.2, -0.15) is 5.10 Å². The highest BCUT2D eigenvalue weighted by molar-refractivity contribution is 5.85. The van der Waals surface area contributed by atoms with Gasteiger partial charge in [-0.3, -0.25) is 4.79 Å². The van der Waals surface area contributed by atoms with Crippen LogP contribution in [0.2, 0.25) is 0 Å². The highest BCUT2D eigenvalue weighted by Gasteiger charge is 2.03. The third-order valence-corrected chi connectivity index (χ3v) is 4.84. The summed E-state index contributed by atoms with van der Waals surface area (Å²) in [6.45, 7) is 2.25. The van der Waals surface area contributed by atoms with Gasteiger partial charge in [-0.25, -0.2) is 5.43 Å². The van der Waals surface area contributed by atoms with Crippen LogP contribution in [0.4, 0.5) is 0 Å². The Hall–Kier alpha value is -2.04. The molecule has 1 aromatic carbocycles. The average Bonchev–Trinajstić information content (AvgIpc) is 2.71. The SMILES string of the molecule is CCCCCCCCCCCCCC(=O)NN=Cc1cc(OC)ccc1OC. The van der Waals surface area contributed by atoms with E-state index < -0.39 is 0 Å². The molecule has 0 saturated carbocycles. The number of hydrogen-bond acceptors (Lipinski definition) is 4. The van der Waals surface area contributed by atoms with Crippen LogP contribution in [0, 0.1) is 0 Å². The summed E-state index contributed by atoms with van der Waals surface area (Å²) in [6, 6.07) is 5.45. The molecule has 0 radical (unpaired) electrons. The van der Waals surface area contributed by atoms with Gasteiger partial charge in [0.2, 0.25) is 5.91 Å². The van der Waals surface area contributed by atoms with E-state index in [1.54, 1.807) is 20.4 Å². The van der Waals surface area contributed by atoms with Crippen molar-refractivity contribution in [3.05, 3.63) is 23.8 Å². The van der Waals surface area contributed by atoms with Crippen molar-refractivity contribution in [2.24, 2.45) is 5.10 Å². The fraction of sp³-hybridized carbons (Fsp3) is 0.652. The van der Waals surface area contributed by atoms with Crippen LogP contribution >= 0.6 is 0 Å². The second kappa shape index (κ2) is 16.0. The monoisotopic (exact) mass is 390 g/mol.